The number of hydrogen-bond acceptors (Lipinski definition) is 6. The molecule has 0 bridgehead atoms. The molecule has 0 aliphatic carbocycles. The molecule has 5 rings (SSSR count). The summed E-state index contributed by atoms with van der Waals surface area (Å²) in [6.07, 6.45) is 1.55. The molecule has 35 heavy (non-hydrogen) atoms. The molecule has 8 heteroatoms. The van der Waals surface area contributed by atoms with Crippen molar-refractivity contribution in [2.45, 2.75) is 26.3 Å². The lowest BCUT2D eigenvalue weighted by atomic mass is 10.1. The van der Waals surface area contributed by atoms with Crippen molar-refractivity contribution in [1.82, 2.24) is 4.57 Å². The molecule has 0 atom stereocenters. The molecule has 5 nitrogen and oxygen atoms in total. The number of fused-ring (bicyclic) bond motifs is 3. The highest BCUT2D eigenvalue weighted by Crippen LogP contribution is 2.48. The molecule has 0 aliphatic rings. The highest BCUT2D eigenvalue weighted by molar-refractivity contribution is 7.31. The van der Waals surface area contributed by atoms with E-state index in [-0.39, 0.29) is 11.1 Å². The Balaban J connectivity index is 1.63. The zero-order valence-electron chi connectivity index (χ0n) is 19.7. The van der Waals surface area contributed by atoms with Gasteiger partial charge in [-0.1, -0.05) is 0 Å². The molecule has 1 aromatic carbocycles. The Morgan fingerprint density at radius 1 is 0.971 bits per heavy atom. The Morgan fingerprint density at radius 3 is 2.17 bits per heavy atom. The summed E-state index contributed by atoms with van der Waals surface area (Å²) in [5.74, 6) is 0.137. The SMILES string of the molecule is COc1ccc(-c2cc3c(s2)c2sc(-c4ccc(/C=C(/C#N)C(N)=O)s4)cc2n3C(C)(C)C)cc1. The van der Waals surface area contributed by atoms with E-state index in [2.05, 4.69) is 49.6 Å². The summed E-state index contributed by atoms with van der Waals surface area (Å²) in [5, 5.41) is 9.15. The Bertz CT molecular complexity index is 1650. The number of carbonyl (C=O) groups is 1. The van der Waals surface area contributed by atoms with Crippen LogP contribution >= 0.6 is 34.0 Å². The van der Waals surface area contributed by atoms with Crippen molar-refractivity contribution in [1.29, 1.82) is 5.26 Å². The smallest absolute Gasteiger partial charge is 0.259 e. The van der Waals surface area contributed by atoms with E-state index in [9.17, 15) is 4.79 Å². The summed E-state index contributed by atoms with van der Waals surface area (Å²) in [4.78, 5) is 15.7. The predicted molar refractivity (Wildman–Crippen MR) is 148 cm³/mol. The number of hydrogen-bond donors (Lipinski definition) is 1. The van der Waals surface area contributed by atoms with Crippen LogP contribution in [0.5, 0.6) is 5.75 Å². The number of thiophene rings is 3. The first kappa shape index (κ1) is 23.4. The molecule has 0 saturated heterocycles. The molecule has 1 amide bonds. The lowest BCUT2D eigenvalue weighted by molar-refractivity contribution is -0.114. The van der Waals surface area contributed by atoms with Crippen LogP contribution in [0, 0.1) is 11.3 Å². The molecule has 0 aliphatic heterocycles. The van der Waals surface area contributed by atoms with Gasteiger partial charge in [0.2, 0.25) is 0 Å². The maximum absolute atomic E-state index is 11.4. The first-order valence-electron chi connectivity index (χ1n) is 10.9. The summed E-state index contributed by atoms with van der Waals surface area (Å²) in [6.45, 7) is 6.69. The number of methoxy groups -OCH3 is 1. The highest BCUT2D eigenvalue weighted by Gasteiger charge is 2.25. The van der Waals surface area contributed by atoms with Crippen LogP contribution in [-0.4, -0.2) is 17.6 Å². The maximum Gasteiger partial charge on any atom is 0.259 e. The number of ether oxygens (including phenoxy) is 1. The fraction of sp³-hybridized carbons (Fsp3) is 0.185. The largest absolute Gasteiger partial charge is 0.497 e. The maximum atomic E-state index is 11.4. The molecule has 0 spiro atoms. The van der Waals surface area contributed by atoms with Gasteiger partial charge in [0.15, 0.2) is 0 Å². The van der Waals surface area contributed by atoms with Gasteiger partial charge in [-0.05, 0) is 80.9 Å². The van der Waals surface area contributed by atoms with Crippen molar-refractivity contribution in [2.75, 3.05) is 7.11 Å². The molecule has 2 N–H and O–H groups in total. The first-order chi connectivity index (χ1) is 16.7. The van der Waals surface area contributed by atoms with Gasteiger partial charge in [0.05, 0.1) is 27.5 Å². The molecule has 176 valence electrons. The van der Waals surface area contributed by atoms with Gasteiger partial charge in [-0.3, -0.25) is 4.79 Å². The summed E-state index contributed by atoms with van der Waals surface area (Å²) in [7, 11) is 1.68. The second-order valence-corrected chi connectivity index (χ2v) is 12.3. The van der Waals surface area contributed by atoms with Crippen molar-refractivity contribution in [2.24, 2.45) is 5.73 Å². The van der Waals surface area contributed by atoms with E-state index >= 15 is 0 Å². The third-order valence-electron chi connectivity index (χ3n) is 5.70. The van der Waals surface area contributed by atoms with Gasteiger partial charge in [0, 0.05) is 25.0 Å². The van der Waals surface area contributed by atoms with Crippen LogP contribution in [0.3, 0.4) is 0 Å². The van der Waals surface area contributed by atoms with Crippen LogP contribution in [0.4, 0.5) is 0 Å². The standard InChI is InChI=1S/C27H23N3O2S3/c1-27(2,3)30-19-12-22(15-5-7-17(32-4)8-6-15)34-24(19)25-20(30)13-23(35-25)21-10-9-18(33-21)11-16(14-28)26(29)31/h5-13H,1-4H3,(H2,29,31)/b16-11-. The van der Waals surface area contributed by atoms with Crippen molar-refractivity contribution in [3.8, 4) is 32.0 Å². The average molecular weight is 518 g/mol. The van der Waals surface area contributed by atoms with Gasteiger partial charge in [-0.2, -0.15) is 5.26 Å². The van der Waals surface area contributed by atoms with Crippen molar-refractivity contribution in [3.05, 3.63) is 59.0 Å². The van der Waals surface area contributed by atoms with Crippen LogP contribution in [0.15, 0.2) is 54.1 Å². The lowest BCUT2D eigenvalue weighted by Gasteiger charge is -2.23. The minimum Gasteiger partial charge on any atom is -0.497 e. The van der Waals surface area contributed by atoms with Crippen molar-refractivity contribution >= 4 is 66.4 Å². The summed E-state index contributed by atoms with van der Waals surface area (Å²) < 4.78 is 10.3. The summed E-state index contributed by atoms with van der Waals surface area (Å²) in [5.41, 5.74) is 8.80. The fourth-order valence-electron chi connectivity index (χ4n) is 4.16. The topological polar surface area (TPSA) is 81.0 Å². The Hall–Kier alpha value is -3.38. The van der Waals surface area contributed by atoms with E-state index in [1.54, 1.807) is 35.9 Å². The van der Waals surface area contributed by atoms with Crippen molar-refractivity contribution in [3.63, 3.8) is 0 Å². The molecule has 0 saturated carbocycles. The third kappa shape index (κ3) is 4.16. The predicted octanol–water partition coefficient (Wildman–Crippen LogP) is 7.47. The number of primary amides is 1. The number of amides is 1. The second-order valence-electron chi connectivity index (χ2n) is 9.12. The molecule has 5 aromatic rings. The monoisotopic (exact) mass is 517 g/mol. The van der Waals surface area contributed by atoms with E-state index in [1.807, 2.05) is 41.7 Å². The quantitative estimate of drug-likeness (QED) is 0.194. The van der Waals surface area contributed by atoms with Gasteiger partial charge in [-0.25, -0.2) is 0 Å². The molecular formula is C27H23N3O2S3. The van der Waals surface area contributed by atoms with Gasteiger partial charge in [0.25, 0.3) is 5.91 Å². The molecule has 0 unspecified atom stereocenters. The molecule has 0 fully saturated rings. The number of carbonyl (C=O) groups excluding carboxylic acids is 1. The number of aromatic nitrogens is 1. The van der Waals surface area contributed by atoms with E-state index in [4.69, 9.17) is 15.7 Å². The van der Waals surface area contributed by atoms with Crippen LogP contribution in [0.2, 0.25) is 0 Å². The van der Waals surface area contributed by atoms with E-state index in [0.29, 0.717) is 0 Å². The third-order valence-corrected chi connectivity index (χ3v) is 9.39. The number of nitrogens with two attached hydrogens (primary N) is 1. The number of nitrogens with zero attached hydrogens (tertiary/aromatic N) is 2. The van der Waals surface area contributed by atoms with Gasteiger partial charge < -0.3 is 15.0 Å². The Kier molecular flexibility index (Phi) is 5.80. The van der Waals surface area contributed by atoms with Gasteiger partial charge in [-0.15, -0.1) is 34.0 Å². The minimum atomic E-state index is -0.712. The first-order valence-corrected chi connectivity index (χ1v) is 13.4. The van der Waals surface area contributed by atoms with E-state index in [1.165, 1.54) is 30.9 Å². The van der Waals surface area contributed by atoms with E-state index in [0.717, 1.165) is 20.4 Å². The molecule has 4 heterocycles. The summed E-state index contributed by atoms with van der Waals surface area (Å²) in [6, 6.07) is 18.6. The fourth-order valence-corrected chi connectivity index (χ4v) is 7.63. The van der Waals surface area contributed by atoms with Crippen LogP contribution in [-0.2, 0) is 10.3 Å². The van der Waals surface area contributed by atoms with E-state index < -0.39 is 5.91 Å². The van der Waals surface area contributed by atoms with Crippen LogP contribution in [0.1, 0.15) is 25.6 Å². The summed E-state index contributed by atoms with van der Waals surface area (Å²) >= 11 is 5.14. The Labute approximate surface area is 215 Å². The molecule has 0 radical (unpaired) electrons. The second kappa shape index (κ2) is 8.68. The molecular weight excluding hydrogens is 495 g/mol. The van der Waals surface area contributed by atoms with Crippen LogP contribution in [0.25, 0.3) is 46.7 Å². The zero-order chi connectivity index (χ0) is 24.9. The number of rotatable bonds is 5. The normalized spacial score (nSPS) is 12.4. The van der Waals surface area contributed by atoms with Gasteiger partial charge >= 0.3 is 0 Å². The van der Waals surface area contributed by atoms with Crippen LogP contribution < -0.4 is 10.5 Å². The lowest BCUT2D eigenvalue weighted by Crippen LogP contribution is -2.20. The Morgan fingerprint density at radius 2 is 1.60 bits per heavy atom. The van der Waals surface area contributed by atoms with Crippen molar-refractivity contribution < 1.29 is 9.53 Å². The minimum absolute atomic E-state index is 0.0414. The highest BCUT2D eigenvalue weighted by atomic mass is 32.1. The number of nitriles is 1. The number of benzene rings is 1. The average Bonchev–Trinajstić information content (AvgIpc) is 3.57. The van der Waals surface area contributed by atoms with Gasteiger partial charge in [0.1, 0.15) is 17.4 Å². The molecule has 4 aromatic heterocycles. The zero-order valence-corrected chi connectivity index (χ0v) is 22.2.